The zero-order valence-electron chi connectivity index (χ0n) is 12.8. The first-order valence-electron chi connectivity index (χ1n) is 7.45. The van der Waals surface area contributed by atoms with Crippen molar-refractivity contribution in [1.82, 2.24) is 0 Å². The average molecular weight is 276 g/mol. The molecule has 3 heteroatoms. The Bertz CT molecular complexity index is 519. The number of benzene rings is 1. The number of rotatable bonds is 2. The molecule has 1 heterocycles. The highest BCUT2D eigenvalue weighted by Crippen LogP contribution is 2.42. The van der Waals surface area contributed by atoms with Gasteiger partial charge in [0.05, 0.1) is 11.7 Å². The molecule has 110 valence electrons. The van der Waals surface area contributed by atoms with Crippen LogP contribution in [-0.4, -0.2) is 22.4 Å². The summed E-state index contributed by atoms with van der Waals surface area (Å²) < 4.78 is 12.4. The third kappa shape index (κ3) is 2.33. The van der Waals surface area contributed by atoms with Crippen LogP contribution in [0.2, 0.25) is 0 Å². The molecule has 1 aliphatic heterocycles. The summed E-state index contributed by atoms with van der Waals surface area (Å²) in [6, 6.07) is 5.98. The fourth-order valence-corrected chi connectivity index (χ4v) is 3.56. The Kier molecular flexibility index (Phi) is 3.11. The van der Waals surface area contributed by atoms with Gasteiger partial charge in [-0.15, -0.1) is 0 Å². The normalized spacial score (nSPS) is 30.2. The average Bonchev–Trinajstić information content (AvgIpc) is 2.78. The number of aliphatic hydroxyl groups is 1. The van der Waals surface area contributed by atoms with Crippen LogP contribution >= 0.6 is 0 Å². The number of ether oxygens (including phenoxy) is 2. The Labute approximate surface area is 120 Å². The van der Waals surface area contributed by atoms with Crippen molar-refractivity contribution < 1.29 is 14.6 Å². The monoisotopic (exact) mass is 276 g/mol. The van der Waals surface area contributed by atoms with Gasteiger partial charge in [0.25, 0.3) is 0 Å². The second-order valence-electron chi connectivity index (χ2n) is 7.15. The minimum Gasteiger partial charge on any atom is -0.487 e. The highest BCUT2D eigenvalue weighted by molar-refractivity contribution is 5.44. The molecule has 20 heavy (non-hydrogen) atoms. The van der Waals surface area contributed by atoms with E-state index in [9.17, 15) is 5.11 Å². The molecule has 1 aromatic carbocycles. The summed E-state index contributed by atoms with van der Waals surface area (Å²) in [5.74, 6) is 0.915. The SMILES string of the molecule is CC1(C)CC(Oc2cccc3c2CCC3O)C(C)(C)O1. The maximum absolute atomic E-state index is 9.97. The quantitative estimate of drug-likeness (QED) is 0.900. The van der Waals surface area contributed by atoms with Gasteiger partial charge in [0.15, 0.2) is 0 Å². The molecule has 0 amide bonds. The Balaban J connectivity index is 1.86. The van der Waals surface area contributed by atoms with Crippen LogP contribution in [0.4, 0.5) is 0 Å². The van der Waals surface area contributed by atoms with Crippen LogP contribution in [0.3, 0.4) is 0 Å². The number of hydrogen-bond acceptors (Lipinski definition) is 3. The van der Waals surface area contributed by atoms with Gasteiger partial charge in [-0.05, 0) is 52.2 Å². The highest BCUT2D eigenvalue weighted by atomic mass is 16.6. The molecule has 1 N–H and O–H groups in total. The van der Waals surface area contributed by atoms with Crippen molar-refractivity contribution in [3.05, 3.63) is 29.3 Å². The lowest BCUT2D eigenvalue weighted by molar-refractivity contribution is -0.0846. The van der Waals surface area contributed by atoms with Crippen molar-refractivity contribution in [3.8, 4) is 5.75 Å². The first kappa shape index (κ1) is 13.9. The van der Waals surface area contributed by atoms with Gasteiger partial charge in [-0.25, -0.2) is 0 Å². The molecule has 2 unspecified atom stereocenters. The van der Waals surface area contributed by atoms with Gasteiger partial charge < -0.3 is 14.6 Å². The first-order valence-corrected chi connectivity index (χ1v) is 7.45. The van der Waals surface area contributed by atoms with Gasteiger partial charge in [-0.3, -0.25) is 0 Å². The van der Waals surface area contributed by atoms with Gasteiger partial charge in [0.1, 0.15) is 17.5 Å². The molecule has 0 aromatic heterocycles. The van der Waals surface area contributed by atoms with Gasteiger partial charge >= 0.3 is 0 Å². The van der Waals surface area contributed by atoms with E-state index in [0.29, 0.717) is 0 Å². The van der Waals surface area contributed by atoms with E-state index >= 15 is 0 Å². The Morgan fingerprint density at radius 2 is 2.00 bits per heavy atom. The van der Waals surface area contributed by atoms with Gasteiger partial charge in [0.2, 0.25) is 0 Å². The number of fused-ring (bicyclic) bond motifs is 1. The molecule has 1 aromatic rings. The third-order valence-electron chi connectivity index (χ3n) is 4.46. The summed E-state index contributed by atoms with van der Waals surface area (Å²) in [5, 5.41) is 9.97. The summed E-state index contributed by atoms with van der Waals surface area (Å²) in [6.45, 7) is 8.39. The van der Waals surface area contributed by atoms with E-state index in [4.69, 9.17) is 9.47 Å². The topological polar surface area (TPSA) is 38.7 Å². The molecule has 1 saturated heterocycles. The zero-order chi connectivity index (χ0) is 14.5. The van der Waals surface area contributed by atoms with Crippen LogP contribution in [0.5, 0.6) is 5.75 Å². The van der Waals surface area contributed by atoms with E-state index in [-0.39, 0.29) is 23.4 Å². The second-order valence-corrected chi connectivity index (χ2v) is 7.15. The van der Waals surface area contributed by atoms with Crippen molar-refractivity contribution in [2.75, 3.05) is 0 Å². The Hall–Kier alpha value is -1.06. The summed E-state index contributed by atoms with van der Waals surface area (Å²) in [6.07, 6.45) is 2.28. The van der Waals surface area contributed by atoms with Crippen LogP contribution in [0.1, 0.15) is 57.8 Å². The number of aliphatic hydroxyl groups excluding tert-OH is 1. The Morgan fingerprint density at radius 3 is 2.65 bits per heavy atom. The van der Waals surface area contributed by atoms with Crippen LogP contribution in [0, 0.1) is 0 Å². The van der Waals surface area contributed by atoms with E-state index in [0.717, 1.165) is 30.6 Å². The molecule has 0 spiro atoms. The predicted molar refractivity (Wildman–Crippen MR) is 78.0 cm³/mol. The molecule has 3 nitrogen and oxygen atoms in total. The molecule has 0 bridgehead atoms. The van der Waals surface area contributed by atoms with E-state index in [1.54, 1.807) is 0 Å². The summed E-state index contributed by atoms with van der Waals surface area (Å²) in [5.41, 5.74) is 1.76. The molecule has 1 aliphatic carbocycles. The van der Waals surface area contributed by atoms with E-state index in [2.05, 4.69) is 27.7 Å². The Morgan fingerprint density at radius 1 is 1.25 bits per heavy atom. The molecule has 2 aliphatic rings. The zero-order valence-corrected chi connectivity index (χ0v) is 12.8. The third-order valence-corrected chi connectivity index (χ3v) is 4.46. The first-order chi connectivity index (χ1) is 9.28. The van der Waals surface area contributed by atoms with E-state index in [1.165, 1.54) is 5.56 Å². The standard InChI is InChI=1S/C17H24O3/c1-16(2)10-15(17(3,4)20-16)19-14-7-5-6-11-12(14)8-9-13(11)18/h5-7,13,15,18H,8-10H2,1-4H3. The molecular weight excluding hydrogens is 252 g/mol. The highest BCUT2D eigenvalue weighted by Gasteiger charge is 2.47. The van der Waals surface area contributed by atoms with Gasteiger partial charge in [-0.2, -0.15) is 0 Å². The summed E-state index contributed by atoms with van der Waals surface area (Å²) >= 11 is 0. The minimum absolute atomic E-state index is 0.0433. The molecule has 0 radical (unpaired) electrons. The molecule has 0 saturated carbocycles. The van der Waals surface area contributed by atoms with E-state index < -0.39 is 0 Å². The summed E-state index contributed by atoms with van der Waals surface area (Å²) in [4.78, 5) is 0. The van der Waals surface area contributed by atoms with Crippen molar-refractivity contribution >= 4 is 0 Å². The number of hydrogen-bond donors (Lipinski definition) is 1. The van der Waals surface area contributed by atoms with Crippen LogP contribution < -0.4 is 4.74 Å². The lowest BCUT2D eigenvalue weighted by Gasteiger charge is -2.28. The maximum Gasteiger partial charge on any atom is 0.130 e. The lowest BCUT2D eigenvalue weighted by Crippen LogP contribution is -2.36. The molecular formula is C17H24O3. The largest absolute Gasteiger partial charge is 0.487 e. The fraction of sp³-hybridized carbons (Fsp3) is 0.647. The maximum atomic E-state index is 9.97. The van der Waals surface area contributed by atoms with E-state index in [1.807, 2.05) is 18.2 Å². The lowest BCUT2D eigenvalue weighted by atomic mass is 9.97. The molecule has 1 fully saturated rings. The van der Waals surface area contributed by atoms with Gasteiger partial charge in [0, 0.05) is 12.0 Å². The van der Waals surface area contributed by atoms with Crippen molar-refractivity contribution in [2.24, 2.45) is 0 Å². The second kappa shape index (κ2) is 4.47. The predicted octanol–water partition coefficient (Wildman–Crippen LogP) is 3.39. The fourth-order valence-electron chi connectivity index (χ4n) is 3.56. The van der Waals surface area contributed by atoms with Crippen molar-refractivity contribution in [1.29, 1.82) is 0 Å². The van der Waals surface area contributed by atoms with Crippen LogP contribution in [0.15, 0.2) is 18.2 Å². The van der Waals surface area contributed by atoms with Crippen LogP contribution in [-0.2, 0) is 11.2 Å². The van der Waals surface area contributed by atoms with Crippen molar-refractivity contribution in [3.63, 3.8) is 0 Å². The summed E-state index contributed by atoms with van der Waals surface area (Å²) in [7, 11) is 0. The van der Waals surface area contributed by atoms with Crippen molar-refractivity contribution in [2.45, 2.75) is 70.4 Å². The smallest absolute Gasteiger partial charge is 0.130 e. The molecule has 2 atom stereocenters. The van der Waals surface area contributed by atoms with Crippen LogP contribution in [0.25, 0.3) is 0 Å². The molecule has 3 rings (SSSR count). The van der Waals surface area contributed by atoms with Gasteiger partial charge in [-0.1, -0.05) is 12.1 Å². The minimum atomic E-state index is -0.335.